The number of hydrogen-bond acceptors (Lipinski definition) is 4. The second kappa shape index (κ2) is 8.63. The van der Waals surface area contributed by atoms with Gasteiger partial charge in [-0.25, -0.2) is 5.43 Å². The van der Waals surface area contributed by atoms with Crippen LogP contribution in [0.4, 0.5) is 5.69 Å². The molecule has 0 aliphatic heterocycles. The normalized spacial score (nSPS) is 18.0. The van der Waals surface area contributed by atoms with Gasteiger partial charge in [-0.05, 0) is 55.5 Å². The van der Waals surface area contributed by atoms with E-state index in [1.165, 1.54) is 5.56 Å². The smallest absolute Gasteiger partial charge is 0.256 e. The predicted octanol–water partition coefficient (Wildman–Crippen LogP) is 4.95. The molecule has 4 rings (SSSR count). The summed E-state index contributed by atoms with van der Waals surface area (Å²) >= 11 is 1.55. The van der Waals surface area contributed by atoms with Crippen LogP contribution < -0.4 is 10.7 Å². The van der Waals surface area contributed by atoms with Crippen molar-refractivity contribution in [1.29, 1.82) is 0 Å². The van der Waals surface area contributed by atoms with Crippen LogP contribution in [-0.2, 0) is 4.79 Å². The molecule has 6 heteroatoms. The van der Waals surface area contributed by atoms with Crippen LogP contribution in [0.15, 0.2) is 71.1 Å². The summed E-state index contributed by atoms with van der Waals surface area (Å²) in [4.78, 5) is 25.7. The van der Waals surface area contributed by atoms with E-state index in [4.69, 9.17) is 0 Å². The van der Waals surface area contributed by atoms with Crippen molar-refractivity contribution in [2.75, 3.05) is 5.32 Å². The molecular weight excluding hydrogens is 394 g/mol. The minimum atomic E-state index is -0.123. The third-order valence-corrected chi connectivity index (χ3v) is 6.10. The van der Waals surface area contributed by atoms with Crippen LogP contribution in [0.1, 0.15) is 45.6 Å². The number of rotatable bonds is 6. The van der Waals surface area contributed by atoms with E-state index in [0.29, 0.717) is 17.0 Å². The lowest BCUT2D eigenvalue weighted by atomic mass is 10.1. The fourth-order valence-electron chi connectivity index (χ4n) is 3.40. The molecule has 0 bridgehead atoms. The molecule has 0 spiro atoms. The Morgan fingerprint density at radius 1 is 1.03 bits per heavy atom. The third kappa shape index (κ3) is 4.66. The lowest BCUT2D eigenvalue weighted by molar-refractivity contribution is -0.122. The van der Waals surface area contributed by atoms with Gasteiger partial charge in [0, 0.05) is 21.9 Å². The van der Waals surface area contributed by atoms with Crippen molar-refractivity contribution < 1.29 is 9.59 Å². The summed E-state index contributed by atoms with van der Waals surface area (Å²) in [7, 11) is 0. The average Bonchev–Trinajstić information content (AvgIpc) is 3.46. The molecule has 5 nitrogen and oxygen atoms in total. The number of hydrazone groups is 1. The molecular formula is C24H23N3O2S. The number of carbonyl (C=O) groups excluding carboxylic acids is 2. The van der Waals surface area contributed by atoms with Crippen molar-refractivity contribution in [2.45, 2.75) is 26.2 Å². The summed E-state index contributed by atoms with van der Waals surface area (Å²) in [6.45, 7) is 3.83. The quantitative estimate of drug-likeness (QED) is 0.440. The Bertz CT molecular complexity index is 1090. The monoisotopic (exact) mass is 417 g/mol. The van der Waals surface area contributed by atoms with Crippen molar-refractivity contribution in [3.05, 3.63) is 87.6 Å². The van der Waals surface area contributed by atoms with E-state index in [1.807, 2.05) is 67.8 Å². The van der Waals surface area contributed by atoms with Gasteiger partial charge in [0.1, 0.15) is 0 Å². The maximum Gasteiger partial charge on any atom is 0.256 e. The molecule has 3 aromatic rings. The van der Waals surface area contributed by atoms with E-state index >= 15 is 0 Å². The lowest BCUT2D eigenvalue weighted by Crippen LogP contribution is -2.21. The van der Waals surface area contributed by atoms with E-state index in [-0.39, 0.29) is 23.7 Å². The molecule has 2 N–H and O–H groups in total. The summed E-state index contributed by atoms with van der Waals surface area (Å²) in [5.41, 5.74) is 6.87. The van der Waals surface area contributed by atoms with Gasteiger partial charge in [0.25, 0.3) is 5.91 Å². The highest BCUT2D eigenvalue weighted by Crippen LogP contribution is 2.47. The highest BCUT2D eigenvalue weighted by atomic mass is 32.1. The maximum absolute atomic E-state index is 12.4. The van der Waals surface area contributed by atoms with Gasteiger partial charge in [-0.2, -0.15) is 5.10 Å². The van der Waals surface area contributed by atoms with Crippen molar-refractivity contribution in [1.82, 2.24) is 5.43 Å². The number of hydrogen-bond donors (Lipinski definition) is 2. The molecule has 1 heterocycles. The van der Waals surface area contributed by atoms with Crippen molar-refractivity contribution in [3.63, 3.8) is 0 Å². The Morgan fingerprint density at radius 3 is 2.43 bits per heavy atom. The SMILES string of the molecule is C/C(=N\NC(=O)[C@H]1C[C@H]1c1ccccc1)c1ccc(NC(=O)c2csc(C)c2)cc1. The van der Waals surface area contributed by atoms with Gasteiger partial charge in [-0.3, -0.25) is 9.59 Å². The summed E-state index contributed by atoms with van der Waals surface area (Å²) in [5, 5.41) is 8.99. The number of benzene rings is 2. The molecule has 1 fully saturated rings. The largest absolute Gasteiger partial charge is 0.322 e. The number of amides is 2. The van der Waals surface area contributed by atoms with Gasteiger partial charge < -0.3 is 5.32 Å². The van der Waals surface area contributed by atoms with E-state index in [0.717, 1.165) is 16.9 Å². The molecule has 1 aromatic heterocycles. The summed E-state index contributed by atoms with van der Waals surface area (Å²) in [6, 6.07) is 19.4. The van der Waals surface area contributed by atoms with Gasteiger partial charge in [0.05, 0.1) is 11.3 Å². The van der Waals surface area contributed by atoms with E-state index in [2.05, 4.69) is 28.0 Å². The highest BCUT2D eigenvalue weighted by Gasteiger charge is 2.43. The molecule has 1 saturated carbocycles. The van der Waals surface area contributed by atoms with Crippen molar-refractivity contribution >= 4 is 34.6 Å². The molecule has 1 aliphatic carbocycles. The minimum Gasteiger partial charge on any atom is -0.322 e. The molecule has 2 atom stereocenters. The van der Waals surface area contributed by atoms with E-state index in [1.54, 1.807) is 11.3 Å². The number of nitrogens with one attached hydrogen (secondary N) is 2. The zero-order valence-electron chi connectivity index (χ0n) is 16.9. The van der Waals surface area contributed by atoms with E-state index in [9.17, 15) is 9.59 Å². The Morgan fingerprint density at radius 2 is 1.77 bits per heavy atom. The average molecular weight is 418 g/mol. The summed E-state index contributed by atoms with van der Waals surface area (Å²) in [6.07, 6.45) is 0.864. The fraction of sp³-hybridized carbons (Fsp3) is 0.208. The first-order valence-corrected chi connectivity index (χ1v) is 10.8. The number of carbonyl (C=O) groups is 2. The number of aryl methyl sites for hydroxylation is 1. The molecule has 1 aliphatic rings. The molecule has 0 saturated heterocycles. The van der Waals surface area contributed by atoms with Gasteiger partial charge >= 0.3 is 0 Å². The van der Waals surface area contributed by atoms with Crippen LogP contribution in [0.3, 0.4) is 0 Å². The Labute approximate surface area is 179 Å². The standard InChI is InChI=1S/C24H23N3O2S/c1-15-12-19(14-30-15)23(28)25-20-10-8-17(9-11-20)16(2)26-27-24(29)22-13-21(22)18-6-4-3-5-7-18/h3-12,14,21-22H,13H2,1-2H3,(H,25,28)(H,27,29)/b26-16+/t21-,22-/m0/s1. The van der Waals surface area contributed by atoms with E-state index < -0.39 is 0 Å². The van der Waals surface area contributed by atoms with Crippen LogP contribution in [0.25, 0.3) is 0 Å². The predicted molar refractivity (Wildman–Crippen MR) is 121 cm³/mol. The number of anilines is 1. The molecule has 0 unspecified atom stereocenters. The maximum atomic E-state index is 12.4. The first-order valence-electron chi connectivity index (χ1n) is 9.87. The molecule has 0 radical (unpaired) electrons. The molecule has 30 heavy (non-hydrogen) atoms. The van der Waals surface area contributed by atoms with Gasteiger partial charge in [0.2, 0.25) is 5.91 Å². The number of nitrogens with zero attached hydrogens (tertiary/aromatic N) is 1. The summed E-state index contributed by atoms with van der Waals surface area (Å²) < 4.78 is 0. The van der Waals surface area contributed by atoms with Crippen LogP contribution in [0.2, 0.25) is 0 Å². The number of thiophene rings is 1. The zero-order chi connectivity index (χ0) is 21.1. The topological polar surface area (TPSA) is 70.6 Å². The van der Waals surface area contributed by atoms with Gasteiger partial charge in [0.15, 0.2) is 0 Å². The van der Waals surface area contributed by atoms with Crippen molar-refractivity contribution in [3.8, 4) is 0 Å². The minimum absolute atomic E-state index is 0.0118. The molecule has 2 aromatic carbocycles. The van der Waals surface area contributed by atoms with Crippen LogP contribution >= 0.6 is 11.3 Å². The second-order valence-corrected chi connectivity index (χ2v) is 8.63. The summed E-state index contributed by atoms with van der Waals surface area (Å²) in [5.74, 6) is 0.110. The van der Waals surface area contributed by atoms with Crippen molar-refractivity contribution in [2.24, 2.45) is 11.0 Å². The first-order chi connectivity index (χ1) is 14.5. The third-order valence-electron chi connectivity index (χ3n) is 5.24. The second-order valence-electron chi connectivity index (χ2n) is 7.51. The van der Waals surface area contributed by atoms with Crippen LogP contribution in [-0.4, -0.2) is 17.5 Å². The van der Waals surface area contributed by atoms with Crippen LogP contribution in [0.5, 0.6) is 0 Å². The highest BCUT2D eigenvalue weighted by molar-refractivity contribution is 7.10. The van der Waals surface area contributed by atoms with Gasteiger partial charge in [-0.1, -0.05) is 42.5 Å². The first kappa shape index (κ1) is 20.0. The lowest BCUT2D eigenvalue weighted by Gasteiger charge is -2.06. The Hall–Kier alpha value is -3.25. The Balaban J connectivity index is 1.32. The molecule has 152 valence electrons. The fourth-order valence-corrected chi connectivity index (χ4v) is 4.08. The van der Waals surface area contributed by atoms with Gasteiger partial charge in [-0.15, -0.1) is 11.3 Å². The molecule has 2 amide bonds. The van der Waals surface area contributed by atoms with Crippen LogP contribution in [0, 0.1) is 12.8 Å². The zero-order valence-corrected chi connectivity index (χ0v) is 17.7. The Kier molecular flexibility index (Phi) is 5.77.